The van der Waals surface area contributed by atoms with Gasteiger partial charge in [0.15, 0.2) is 0 Å². The van der Waals surface area contributed by atoms with E-state index in [9.17, 15) is 18.0 Å². The average molecular weight is 330 g/mol. The molecule has 1 saturated carbocycles. The van der Waals surface area contributed by atoms with Gasteiger partial charge in [-0.3, -0.25) is 4.79 Å². The Morgan fingerprint density at radius 3 is 2.78 bits per heavy atom. The third-order valence-corrected chi connectivity index (χ3v) is 4.99. The van der Waals surface area contributed by atoms with Crippen molar-refractivity contribution in [2.75, 3.05) is 0 Å². The lowest BCUT2D eigenvalue weighted by Crippen LogP contribution is -2.45. The molecule has 2 aliphatic rings. The second-order valence-corrected chi connectivity index (χ2v) is 6.62. The molecule has 128 valence electrons. The summed E-state index contributed by atoms with van der Waals surface area (Å²) in [7, 11) is 0. The lowest BCUT2D eigenvalue weighted by molar-refractivity contribution is -0.186. The minimum Gasteiger partial charge on any atom is -0.351 e. The van der Waals surface area contributed by atoms with E-state index in [0.29, 0.717) is 19.4 Å². The van der Waals surface area contributed by atoms with Gasteiger partial charge in [0, 0.05) is 24.9 Å². The summed E-state index contributed by atoms with van der Waals surface area (Å²) < 4.78 is 40.6. The molecule has 1 fully saturated rings. The number of fused-ring (bicyclic) bond motifs is 1. The molecule has 8 heteroatoms. The molecule has 3 rings (SSSR count). The maximum absolute atomic E-state index is 12.9. The van der Waals surface area contributed by atoms with Crippen molar-refractivity contribution in [3.63, 3.8) is 0 Å². The van der Waals surface area contributed by atoms with Crippen molar-refractivity contribution in [2.24, 2.45) is 11.8 Å². The molecule has 1 aromatic heterocycles. The van der Waals surface area contributed by atoms with Crippen molar-refractivity contribution in [1.29, 1.82) is 0 Å². The number of carbonyl (C=O) groups is 1. The number of alkyl halides is 3. The molecule has 0 aromatic carbocycles. The zero-order valence-electron chi connectivity index (χ0n) is 13.1. The molecule has 0 spiro atoms. The summed E-state index contributed by atoms with van der Waals surface area (Å²) >= 11 is 0. The lowest BCUT2D eigenvalue weighted by Gasteiger charge is -2.32. The number of aryl methyl sites for hydroxylation is 2. The van der Waals surface area contributed by atoms with Gasteiger partial charge in [0.25, 0.3) is 0 Å². The van der Waals surface area contributed by atoms with Gasteiger partial charge in [0.05, 0.1) is 5.92 Å². The highest BCUT2D eigenvalue weighted by Crippen LogP contribution is 2.40. The van der Waals surface area contributed by atoms with Gasteiger partial charge in [-0.2, -0.15) is 13.2 Å². The van der Waals surface area contributed by atoms with Crippen LogP contribution in [0.3, 0.4) is 0 Å². The largest absolute Gasteiger partial charge is 0.391 e. The molecule has 0 bridgehead atoms. The zero-order valence-corrected chi connectivity index (χ0v) is 13.1. The highest BCUT2D eigenvalue weighted by molar-refractivity contribution is 5.79. The van der Waals surface area contributed by atoms with E-state index in [0.717, 1.165) is 24.5 Å². The minimum absolute atomic E-state index is 0.0593. The fourth-order valence-electron chi connectivity index (χ4n) is 3.62. The highest BCUT2D eigenvalue weighted by atomic mass is 19.4. The third kappa shape index (κ3) is 3.50. The molecule has 3 atom stereocenters. The summed E-state index contributed by atoms with van der Waals surface area (Å²) in [6.07, 6.45) is -1.66. The van der Waals surface area contributed by atoms with Crippen molar-refractivity contribution in [1.82, 2.24) is 20.1 Å². The number of carbonyl (C=O) groups excluding carboxylic acids is 1. The molecule has 1 N–H and O–H groups in total. The summed E-state index contributed by atoms with van der Waals surface area (Å²) in [5, 5.41) is 11.0. The quantitative estimate of drug-likeness (QED) is 0.906. The van der Waals surface area contributed by atoms with Gasteiger partial charge in [0.1, 0.15) is 11.6 Å². The Kier molecular flexibility index (Phi) is 4.33. The van der Waals surface area contributed by atoms with E-state index in [1.165, 1.54) is 0 Å². The fraction of sp³-hybridized carbons (Fsp3) is 0.800. The first kappa shape index (κ1) is 16.3. The molecule has 5 nitrogen and oxygen atoms in total. The Morgan fingerprint density at radius 2 is 2.04 bits per heavy atom. The Balaban J connectivity index is 1.58. The van der Waals surface area contributed by atoms with Crippen LogP contribution >= 0.6 is 0 Å². The number of hydrogen-bond donors (Lipinski definition) is 1. The van der Waals surface area contributed by atoms with Gasteiger partial charge in [-0.15, -0.1) is 10.2 Å². The number of nitrogens with one attached hydrogen (secondary N) is 1. The molecule has 1 aliphatic carbocycles. The van der Waals surface area contributed by atoms with Crippen LogP contribution in [0.25, 0.3) is 0 Å². The van der Waals surface area contributed by atoms with Crippen LogP contribution in [0.15, 0.2) is 0 Å². The second-order valence-electron chi connectivity index (χ2n) is 6.62. The number of nitrogens with zero attached hydrogens (tertiary/aromatic N) is 3. The Morgan fingerprint density at radius 1 is 1.26 bits per heavy atom. The first-order valence-electron chi connectivity index (χ1n) is 8.10. The summed E-state index contributed by atoms with van der Waals surface area (Å²) in [4.78, 5) is 12.4. The summed E-state index contributed by atoms with van der Waals surface area (Å²) in [6, 6.07) is -0.0593. The first-order chi connectivity index (χ1) is 10.8. The molecular weight excluding hydrogens is 309 g/mol. The molecule has 0 saturated heterocycles. The van der Waals surface area contributed by atoms with Crippen LogP contribution in [0, 0.1) is 18.8 Å². The monoisotopic (exact) mass is 330 g/mol. The molecular formula is C15H21F3N4O. The summed E-state index contributed by atoms with van der Waals surface area (Å²) in [5.74, 6) is -0.404. The van der Waals surface area contributed by atoms with Crippen molar-refractivity contribution >= 4 is 5.91 Å². The summed E-state index contributed by atoms with van der Waals surface area (Å²) in [6.45, 7) is 2.45. The van der Waals surface area contributed by atoms with Gasteiger partial charge in [-0.25, -0.2) is 0 Å². The zero-order chi connectivity index (χ0) is 16.6. The smallest absolute Gasteiger partial charge is 0.351 e. The lowest BCUT2D eigenvalue weighted by atomic mass is 9.80. The number of aromatic nitrogens is 3. The van der Waals surface area contributed by atoms with E-state index < -0.39 is 18.0 Å². The normalized spacial score (nSPS) is 28.3. The average Bonchev–Trinajstić information content (AvgIpc) is 2.88. The molecule has 23 heavy (non-hydrogen) atoms. The first-order valence-corrected chi connectivity index (χ1v) is 8.10. The topological polar surface area (TPSA) is 59.8 Å². The van der Waals surface area contributed by atoms with Gasteiger partial charge >= 0.3 is 6.18 Å². The summed E-state index contributed by atoms with van der Waals surface area (Å²) in [5.41, 5.74) is 0. The van der Waals surface area contributed by atoms with Crippen LogP contribution in [0.1, 0.15) is 43.8 Å². The molecule has 1 aliphatic heterocycles. The van der Waals surface area contributed by atoms with E-state index >= 15 is 0 Å². The van der Waals surface area contributed by atoms with Crippen LogP contribution in [0.5, 0.6) is 0 Å². The minimum atomic E-state index is -4.20. The van der Waals surface area contributed by atoms with E-state index in [4.69, 9.17) is 0 Å². The van der Waals surface area contributed by atoms with Gasteiger partial charge in [-0.1, -0.05) is 6.42 Å². The third-order valence-electron chi connectivity index (χ3n) is 4.99. The Hall–Kier alpha value is -1.60. The van der Waals surface area contributed by atoms with Crippen molar-refractivity contribution in [3.05, 3.63) is 11.6 Å². The van der Waals surface area contributed by atoms with Crippen molar-refractivity contribution in [2.45, 2.75) is 64.2 Å². The molecule has 1 amide bonds. The maximum Gasteiger partial charge on any atom is 0.391 e. The Bertz CT molecular complexity index is 584. The second kappa shape index (κ2) is 6.13. The van der Waals surface area contributed by atoms with Crippen LogP contribution < -0.4 is 5.32 Å². The van der Waals surface area contributed by atoms with Gasteiger partial charge in [0.2, 0.25) is 5.91 Å². The molecule has 2 heterocycles. The van der Waals surface area contributed by atoms with Crippen LogP contribution in [0.2, 0.25) is 0 Å². The van der Waals surface area contributed by atoms with E-state index in [1.807, 2.05) is 11.5 Å². The number of halogens is 3. The van der Waals surface area contributed by atoms with E-state index in [2.05, 4.69) is 15.5 Å². The number of amides is 1. The van der Waals surface area contributed by atoms with Gasteiger partial charge in [-0.05, 0) is 32.6 Å². The van der Waals surface area contributed by atoms with E-state index in [-0.39, 0.29) is 24.8 Å². The number of rotatable bonds is 2. The number of hydrogen-bond acceptors (Lipinski definition) is 3. The van der Waals surface area contributed by atoms with Crippen LogP contribution in [-0.2, 0) is 17.8 Å². The van der Waals surface area contributed by atoms with Crippen molar-refractivity contribution < 1.29 is 18.0 Å². The highest BCUT2D eigenvalue weighted by Gasteiger charge is 2.43. The molecule has 1 aromatic rings. The predicted octanol–water partition coefficient (Wildman–Crippen LogP) is 2.39. The van der Waals surface area contributed by atoms with Gasteiger partial charge < -0.3 is 9.88 Å². The standard InChI is InChI=1S/C15H21F3N4O/c1-9-20-21-13-6-5-12(8-22(9)13)19-14(23)10-3-2-4-11(7-10)15(16,17)18/h10-12H,2-8H2,1H3,(H,19,23)/t10-,11+,12-/m1/s1. The fourth-order valence-corrected chi connectivity index (χ4v) is 3.62. The van der Waals surface area contributed by atoms with Crippen LogP contribution in [0.4, 0.5) is 13.2 Å². The Labute approximate surface area is 132 Å². The van der Waals surface area contributed by atoms with Crippen LogP contribution in [-0.4, -0.2) is 32.9 Å². The van der Waals surface area contributed by atoms with E-state index in [1.54, 1.807) is 0 Å². The molecule has 0 radical (unpaired) electrons. The predicted molar refractivity (Wildman–Crippen MR) is 76.5 cm³/mol. The van der Waals surface area contributed by atoms with Crippen molar-refractivity contribution in [3.8, 4) is 0 Å². The molecule has 0 unspecified atom stereocenters. The maximum atomic E-state index is 12.9. The SMILES string of the molecule is Cc1nnc2n1C[C@H](NC(=O)[C@@H]1CCC[C@H](C(F)(F)F)C1)CC2.